The van der Waals surface area contributed by atoms with Crippen LogP contribution >= 0.6 is 23.5 Å². The van der Waals surface area contributed by atoms with E-state index in [9.17, 15) is 24.3 Å². The molecule has 2 aromatic rings. The first-order chi connectivity index (χ1) is 26.2. The van der Waals surface area contributed by atoms with Crippen LogP contribution in [0.3, 0.4) is 0 Å². The summed E-state index contributed by atoms with van der Waals surface area (Å²) in [6.07, 6.45) is -6.73. The van der Waals surface area contributed by atoms with Crippen LogP contribution in [-0.4, -0.2) is 70.4 Å². The summed E-state index contributed by atoms with van der Waals surface area (Å²) < 4.78 is 34.7. The fraction of sp³-hybridized carbons (Fsp3) is 0.644. The summed E-state index contributed by atoms with van der Waals surface area (Å²) in [6.45, 7) is 34.1. The summed E-state index contributed by atoms with van der Waals surface area (Å²) in [5.41, 5.74) is 2.32. The van der Waals surface area contributed by atoms with E-state index >= 15 is 0 Å². The molecule has 1 heterocycles. The zero-order chi connectivity index (χ0) is 44.5. The summed E-state index contributed by atoms with van der Waals surface area (Å²) in [4.78, 5) is 51.3. The average Bonchev–Trinajstić information content (AvgIpc) is 3.00. The average molecular weight is 847 g/mol. The highest BCUT2D eigenvalue weighted by Gasteiger charge is 2.53. The first-order valence-electron chi connectivity index (χ1n) is 19.6. The quantitative estimate of drug-likeness (QED) is 0.0993. The molecule has 0 saturated carbocycles. The molecule has 1 fully saturated rings. The summed E-state index contributed by atoms with van der Waals surface area (Å²) in [5.74, 6) is -1.97. The third kappa shape index (κ3) is 13.0. The Hall–Kier alpha value is -3.42. The van der Waals surface area contributed by atoms with Crippen LogP contribution in [0.15, 0.2) is 34.1 Å². The maximum absolute atomic E-state index is 12.5. The molecular formula is C45H66O11S2. The molecule has 0 bridgehead atoms. The number of aromatic hydroxyl groups is 1. The SMILES string of the molecule is CC(=O)O[C@@H]1O[C@H](COc2c(C(C)(C)C)cc(SC(C)(C)Sc3cc(C(C)(C)C)c(O)c(C(C)(C)C)c3)cc2C(C)(C)C)[C@@H](OC(C)=O)[C@H](OC(C)=O)[C@H]1OC(C)=O. The van der Waals surface area contributed by atoms with Gasteiger partial charge in [0.05, 0.1) is 4.08 Å². The molecule has 1 N–H and O–H groups in total. The van der Waals surface area contributed by atoms with E-state index in [0.717, 1.165) is 39.0 Å². The van der Waals surface area contributed by atoms with Crippen LogP contribution in [0.1, 0.15) is 147 Å². The van der Waals surface area contributed by atoms with Crippen LogP contribution < -0.4 is 4.74 Å². The van der Waals surface area contributed by atoms with Gasteiger partial charge in [-0.05, 0) is 59.8 Å². The topological polar surface area (TPSA) is 144 Å². The van der Waals surface area contributed by atoms with E-state index in [1.165, 1.54) is 20.8 Å². The van der Waals surface area contributed by atoms with Crippen LogP contribution in [0.5, 0.6) is 11.5 Å². The number of phenols is 1. The largest absolute Gasteiger partial charge is 0.507 e. The predicted molar refractivity (Wildman–Crippen MR) is 228 cm³/mol. The van der Waals surface area contributed by atoms with Gasteiger partial charge >= 0.3 is 23.9 Å². The third-order valence-electron chi connectivity index (χ3n) is 9.28. The summed E-state index contributed by atoms with van der Waals surface area (Å²) in [7, 11) is 0. The van der Waals surface area contributed by atoms with E-state index in [2.05, 4.69) is 121 Å². The molecule has 1 saturated heterocycles. The van der Waals surface area contributed by atoms with Crippen LogP contribution in [-0.2, 0) is 64.5 Å². The lowest BCUT2D eigenvalue weighted by atomic mass is 9.79. The van der Waals surface area contributed by atoms with E-state index in [0.29, 0.717) is 11.5 Å². The summed E-state index contributed by atoms with van der Waals surface area (Å²) in [6, 6.07) is 8.50. The standard InChI is InChI=1S/C45H66O11S2/c1-24(46)52-37-34(56-40(55-27(4)49)39(54-26(3)48)38(37)53-25(2)47)23-51-36-32(43(11,12)13)21-29(22-33(36)44(14,15)16)58-45(17,18)57-28-19-30(41(5,6)7)35(50)31(20-28)42(8,9)10/h19-22,34,37-40,50H,23H2,1-18H3/t34-,37-,38+,39-,40-/m1/s1. The Morgan fingerprint density at radius 1 is 0.552 bits per heavy atom. The van der Waals surface area contributed by atoms with Crippen LogP contribution in [0.2, 0.25) is 0 Å². The molecule has 1 aliphatic rings. The second kappa shape index (κ2) is 18.1. The van der Waals surface area contributed by atoms with Crippen molar-refractivity contribution in [2.24, 2.45) is 0 Å². The van der Waals surface area contributed by atoms with Gasteiger partial charge < -0.3 is 33.5 Å². The molecule has 1 aliphatic heterocycles. The van der Waals surface area contributed by atoms with Crippen molar-refractivity contribution in [3.8, 4) is 11.5 Å². The van der Waals surface area contributed by atoms with Gasteiger partial charge in [-0.3, -0.25) is 19.2 Å². The van der Waals surface area contributed by atoms with Crippen LogP contribution in [0, 0.1) is 0 Å². The van der Waals surface area contributed by atoms with Gasteiger partial charge in [-0.15, -0.1) is 23.5 Å². The number of esters is 4. The van der Waals surface area contributed by atoms with Crippen molar-refractivity contribution in [1.82, 2.24) is 0 Å². The van der Waals surface area contributed by atoms with Gasteiger partial charge in [0, 0.05) is 59.7 Å². The minimum absolute atomic E-state index is 0.215. The number of carbonyl (C=O) groups excluding carboxylic acids is 4. The van der Waals surface area contributed by atoms with Gasteiger partial charge in [0.1, 0.15) is 24.2 Å². The summed E-state index contributed by atoms with van der Waals surface area (Å²) in [5, 5.41) is 11.4. The van der Waals surface area contributed by atoms with E-state index in [-0.39, 0.29) is 21.5 Å². The first-order valence-corrected chi connectivity index (χ1v) is 21.3. The predicted octanol–water partition coefficient (Wildman–Crippen LogP) is 9.66. The first kappa shape index (κ1) is 48.9. The molecule has 2 aromatic carbocycles. The molecule has 324 valence electrons. The highest BCUT2D eigenvalue weighted by molar-refractivity contribution is 8.18. The Bertz CT molecular complexity index is 1770. The second-order valence-corrected chi connectivity index (χ2v) is 23.2. The number of benzene rings is 2. The fourth-order valence-electron chi connectivity index (χ4n) is 6.74. The van der Waals surface area contributed by atoms with E-state index < -0.39 is 65.4 Å². The van der Waals surface area contributed by atoms with Crippen molar-refractivity contribution < 1.29 is 52.7 Å². The highest BCUT2D eigenvalue weighted by atomic mass is 32.2. The Morgan fingerprint density at radius 3 is 1.26 bits per heavy atom. The maximum Gasteiger partial charge on any atom is 0.305 e. The second-order valence-electron chi connectivity index (χ2n) is 19.5. The van der Waals surface area contributed by atoms with Crippen molar-refractivity contribution >= 4 is 47.4 Å². The molecule has 58 heavy (non-hydrogen) atoms. The summed E-state index contributed by atoms with van der Waals surface area (Å²) >= 11 is 3.48. The molecule has 13 heteroatoms. The Kier molecular flexibility index (Phi) is 15.2. The normalized spacial score (nSPS) is 20.6. The zero-order valence-electron chi connectivity index (χ0n) is 37.7. The molecule has 3 rings (SSSR count). The van der Waals surface area contributed by atoms with Crippen LogP contribution in [0.25, 0.3) is 0 Å². The molecule has 11 nitrogen and oxygen atoms in total. The molecule has 0 amide bonds. The molecule has 5 atom stereocenters. The lowest BCUT2D eigenvalue weighted by Crippen LogP contribution is -2.63. The minimum atomic E-state index is -1.50. The van der Waals surface area contributed by atoms with E-state index in [1.54, 1.807) is 23.5 Å². The minimum Gasteiger partial charge on any atom is -0.507 e. The molecule has 0 aliphatic carbocycles. The molecule has 0 spiro atoms. The molecule has 0 aromatic heterocycles. The highest BCUT2D eigenvalue weighted by Crippen LogP contribution is 2.51. The van der Waals surface area contributed by atoms with Crippen LogP contribution in [0.4, 0.5) is 0 Å². The number of phenolic OH excluding ortho intramolecular Hbond substituents is 1. The fourth-order valence-corrected chi connectivity index (χ4v) is 9.33. The van der Waals surface area contributed by atoms with Crippen molar-refractivity contribution in [3.63, 3.8) is 0 Å². The number of hydrogen-bond acceptors (Lipinski definition) is 13. The van der Waals surface area contributed by atoms with Gasteiger partial charge in [0.2, 0.25) is 12.4 Å². The van der Waals surface area contributed by atoms with Crippen molar-refractivity contribution in [2.45, 2.75) is 191 Å². The zero-order valence-corrected chi connectivity index (χ0v) is 39.4. The number of carbonyl (C=O) groups is 4. The maximum atomic E-state index is 12.5. The number of thioether (sulfide) groups is 2. The lowest BCUT2D eigenvalue weighted by molar-refractivity contribution is -0.298. The van der Waals surface area contributed by atoms with Gasteiger partial charge in [-0.1, -0.05) is 83.1 Å². The lowest BCUT2D eigenvalue weighted by Gasteiger charge is -2.43. The molecular weight excluding hydrogens is 781 g/mol. The van der Waals surface area contributed by atoms with Gasteiger partial charge in [0.15, 0.2) is 12.2 Å². The Labute approximate surface area is 354 Å². The molecule has 0 radical (unpaired) electrons. The van der Waals surface area contributed by atoms with Gasteiger partial charge in [0.25, 0.3) is 0 Å². The van der Waals surface area contributed by atoms with Crippen molar-refractivity contribution in [3.05, 3.63) is 46.5 Å². The smallest absolute Gasteiger partial charge is 0.305 e. The Balaban J connectivity index is 2.14. The Morgan fingerprint density at radius 2 is 0.897 bits per heavy atom. The van der Waals surface area contributed by atoms with Crippen molar-refractivity contribution in [1.29, 1.82) is 0 Å². The number of ether oxygens (including phenoxy) is 6. The molecule has 0 unspecified atom stereocenters. The van der Waals surface area contributed by atoms with E-state index in [4.69, 9.17) is 28.4 Å². The van der Waals surface area contributed by atoms with Gasteiger partial charge in [-0.25, -0.2) is 0 Å². The number of hydrogen-bond donors (Lipinski definition) is 1. The monoisotopic (exact) mass is 846 g/mol. The third-order valence-corrected chi connectivity index (χ3v) is 11.7. The number of rotatable bonds is 11. The van der Waals surface area contributed by atoms with Crippen molar-refractivity contribution in [2.75, 3.05) is 6.61 Å². The van der Waals surface area contributed by atoms with E-state index in [1.807, 2.05) is 0 Å². The van der Waals surface area contributed by atoms with Gasteiger partial charge in [-0.2, -0.15) is 0 Å².